The molecule has 3 nitrogen and oxygen atoms in total. The quantitative estimate of drug-likeness (QED) is 0.696. The van der Waals surface area contributed by atoms with Crippen LogP contribution in [0.15, 0.2) is 23.9 Å². The summed E-state index contributed by atoms with van der Waals surface area (Å²) >= 11 is 0. The molecular formula is C18H30N2O. The molecule has 118 valence electrons. The highest BCUT2D eigenvalue weighted by Crippen LogP contribution is 2.26. The first-order valence-corrected chi connectivity index (χ1v) is 8.89. The molecule has 1 atom stereocenters. The van der Waals surface area contributed by atoms with Crippen molar-refractivity contribution in [3.05, 3.63) is 23.9 Å². The molecule has 2 saturated carbocycles. The predicted octanol–water partition coefficient (Wildman–Crippen LogP) is 3.36. The second kappa shape index (κ2) is 6.97. The van der Waals surface area contributed by atoms with Gasteiger partial charge in [-0.25, -0.2) is 0 Å². The monoisotopic (exact) mass is 290 g/mol. The van der Waals surface area contributed by atoms with Crippen LogP contribution in [0.4, 0.5) is 0 Å². The second-order valence-electron chi connectivity index (χ2n) is 7.11. The molecule has 0 amide bonds. The highest BCUT2D eigenvalue weighted by atomic mass is 16.3. The third-order valence-corrected chi connectivity index (χ3v) is 5.18. The Balaban J connectivity index is 1.53. The van der Waals surface area contributed by atoms with E-state index in [1.54, 1.807) is 0 Å². The van der Waals surface area contributed by atoms with E-state index in [-0.39, 0.29) is 0 Å². The zero-order valence-electron chi connectivity index (χ0n) is 13.1. The molecule has 0 aromatic carbocycles. The van der Waals surface area contributed by atoms with Crippen LogP contribution in [0.1, 0.15) is 70.6 Å². The first-order chi connectivity index (χ1) is 10.2. The van der Waals surface area contributed by atoms with Crippen LogP contribution >= 0.6 is 0 Å². The number of hydrogen-bond donors (Lipinski definition) is 3. The van der Waals surface area contributed by atoms with Gasteiger partial charge in [-0.1, -0.05) is 44.6 Å². The first-order valence-electron chi connectivity index (χ1n) is 8.89. The Labute approximate surface area is 128 Å². The summed E-state index contributed by atoms with van der Waals surface area (Å²) in [5.74, 6) is 0. The van der Waals surface area contributed by atoms with Crippen molar-refractivity contribution in [2.45, 2.75) is 88.4 Å². The Morgan fingerprint density at radius 1 is 0.905 bits per heavy atom. The molecule has 3 rings (SSSR count). The molecule has 0 saturated heterocycles. The number of rotatable bonds is 4. The van der Waals surface area contributed by atoms with Crippen LogP contribution in [0.2, 0.25) is 0 Å². The topological polar surface area (TPSA) is 44.3 Å². The molecule has 0 heterocycles. The zero-order chi connectivity index (χ0) is 14.5. The van der Waals surface area contributed by atoms with E-state index in [1.165, 1.54) is 69.9 Å². The average Bonchev–Trinajstić information content (AvgIpc) is 2.49. The molecular weight excluding hydrogens is 260 g/mol. The van der Waals surface area contributed by atoms with E-state index >= 15 is 0 Å². The SMILES string of the molecule is OC1(NC2CCCCC2)C=CC=C(NC2CCCCC2)C1. The fourth-order valence-corrected chi connectivity index (χ4v) is 4.04. The number of hydrogen-bond acceptors (Lipinski definition) is 3. The molecule has 0 spiro atoms. The van der Waals surface area contributed by atoms with Crippen molar-refractivity contribution in [2.24, 2.45) is 0 Å². The van der Waals surface area contributed by atoms with Gasteiger partial charge in [0, 0.05) is 24.2 Å². The first kappa shape index (κ1) is 15.1. The van der Waals surface area contributed by atoms with Crippen LogP contribution in [-0.2, 0) is 0 Å². The lowest BCUT2D eigenvalue weighted by atomic mass is 9.91. The minimum Gasteiger partial charge on any atom is -0.385 e. The Bertz CT molecular complexity index is 392. The summed E-state index contributed by atoms with van der Waals surface area (Å²) in [6.45, 7) is 0. The molecule has 0 aliphatic heterocycles. The molecule has 2 fully saturated rings. The normalized spacial score (nSPS) is 32.0. The molecule has 1 unspecified atom stereocenters. The molecule has 21 heavy (non-hydrogen) atoms. The lowest BCUT2D eigenvalue weighted by Crippen LogP contribution is -2.51. The number of allylic oxidation sites excluding steroid dienone is 2. The van der Waals surface area contributed by atoms with Gasteiger partial charge in [0.05, 0.1) is 0 Å². The van der Waals surface area contributed by atoms with Crippen molar-refractivity contribution in [1.29, 1.82) is 0 Å². The molecule has 0 aromatic rings. The average molecular weight is 290 g/mol. The Hall–Kier alpha value is -0.800. The molecule has 0 aromatic heterocycles. The van der Waals surface area contributed by atoms with Crippen molar-refractivity contribution >= 4 is 0 Å². The zero-order valence-corrected chi connectivity index (χ0v) is 13.1. The summed E-state index contributed by atoms with van der Waals surface area (Å²) < 4.78 is 0. The van der Waals surface area contributed by atoms with E-state index < -0.39 is 5.72 Å². The van der Waals surface area contributed by atoms with E-state index in [2.05, 4.69) is 16.7 Å². The molecule has 3 aliphatic rings. The van der Waals surface area contributed by atoms with E-state index in [0.717, 1.165) is 0 Å². The predicted molar refractivity (Wildman–Crippen MR) is 86.8 cm³/mol. The Kier molecular flexibility index (Phi) is 5.02. The summed E-state index contributed by atoms with van der Waals surface area (Å²) in [5.41, 5.74) is 0.337. The van der Waals surface area contributed by atoms with Gasteiger partial charge < -0.3 is 10.4 Å². The van der Waals surface area contributed by atoms with Crippen molar-refractivity contribution in [3.63, 3.8) is 0 Å². The van der Waals surface area contributed by atoms with Gasteiger partial charge in [-0.15, -0.1) is 0 Å². The molecule has 3 N–H and O–H groups in total. The van der Waals surface area contributed by atoms with Crippen LogP contribution in [0.25, 0.3) is 0 Å². The van der Waals surface area contributed by atoms with Crippen LogP contribution < -0.4 is 10.6 Å². The van der Waals surface area contributed by atoms with Gasteiger partial charge in [0.15, 0.2) is 0 Å². The summed E-state index contributed by atoms with van der Waals surface area (Å²) in [5, 5.41) is 18.0. The van der Waals surface area contributed by atoms with Gasteiger partial charge in [-0.3, -0.25) is 5.32 Å². The highest BCUT2D eigenvalue weighted by Gasteiger charge is 2.31. The van der Waals surface area contributed by atoms with Gasteiger partial charge in [-0.2, -0.15) is 0 Å². The lowest BCUT2D eigenvalue weighted by molar-refractivity contribution is 0.0330. The minimum absolute atomic E-state index is 0.474. The fourth-order valence-electron chi connectivity index (χ4n) is 4.04. The summed E-state index contributed by atoms with van der Waals surface area (Å²) in [6, 6.07) is 1.08. The molecule has 3 aliphatic carbocycles. The molecule has 3 heteroatoms. The maximum Gasteiger partial charge on any atom is 0.141 e. The largest absolute Gasteiger partial charge is 0.385 e. The Morgan fingerprint density at radius 2 is 1.52 bits per heavy atom. The van der Waals surface area contributed by atoms with Gasteiger partial charge in [-0.05, 0) is 37.8 Å². The van der Waals surface area contributed by atoms with Crippen LogP contribution in [0.5, 0.6) is 0 Å². The third kappa shape index (κ3) is 4.33. The van der Waals surface area contributed by atoms with Crippen molar-refractivity contribution in [1.82, 2.24) is 10.6 Å². The minimum atomic E-state index is -0.853. The Morgan fingerprint density at radius 3 is 2.19 bits per heavy atom. The maximum absolute atomic E-state index is 10.8. The van der Waals surface area contributed by atoms with Crippen molar-refractivity contribution < 1.29 is 5.11 Å². The van der Waals surface area contributed by atoms with Gasteiger partial charge in [0.25, 0.3) is 0 Å². The van der Waals surface area contributed by atoms with Crippen molar-refractivity contribution in [2.75, 3.05) is 0 Å². The number of nitrogens with one attached hydrogen (secondary N) is 2. The number of aliphatic hydroxyl groups is 1. The van der Waals surface area contributed by atoms with E-state index in [1.807, 2.05) is 12.2 Å². The van der Waals surface area contributed by atoms with E-state index in [0.29, 0.717) is 18.5 Å². The third-order valence-electron chi connectivity index (χ3n) is 5.18. The van der Waals surface area contributed by atoms with Crippen LogP contribution in [-0.4, -0.2) is 22.9 Å². The summed E-state index contributed by atoms with van der Waals surface area (Å²) in [4.78, 5) is 0. The van der Waals surface area contributed by atoms with Gasteiger partial charge in [0.1, 0.15) is 5.72 Å². The second-order valence-corrected chi connectivity index (χ2v) is 7.11. The smallest absolute Gasteiger partial charge is 0.141 e. The van der Waals surface area contributed by atoms with E-state index in [9.17, 15) is 5.11 Å². The summed E-state index contributed by atoms with van der Waals surface area (Å²) in [7, 11) is 0. The van der Waals surface area contributed by atoms with Crippen LogP contribution in [0, 0.1) is 0 Å². The van der Waals surface area contributed by atoms with Crippen LogP contribution in [0.3, 0.4) is 0 Å². The van der Waals surface area contributed by atoms with Gasteiger partial charge in [0.2, 0.25) is 0 Å². The highest BCUT2D eigenvalue weighted by molar-refractivity contribution is 5.24. The molecule has 0 bridgehead atoms. The standard InChI is InChI=1S/C18H30N2O/c21-18(20-16-10-5-2-6-11-16)13-7-12-17(14-18)19-15-8-3-1-4-9-15/h7,12-13,15-16,19-21H,1-6,8-11,14H2. The van der Waals surface area contributed by atoms with E-state index in [4.69, 9.17) is 0 Å². The molecule has 0 radical (unpaired) electrons. The van der Waals surface area contributed by atoms with Gasteiger partial charge >= 0.3 is 0 Å². The maximum atomic E-state index is 10.8. The lowest BCUT2D eigenvalue weighted by Gasteiger charge is -2.36. The fraction of sp³-hybridized carbons (Fsp3) is 0.778. The van der Waals surface area contributed by atoms with Crippen molar-refractivity contribution in [3.8, 4) is 0 Å². The summed E-state index contributed by atoms with van der Waals surface area (Å²) in [6.07, 6.45) is 19.7.